The van der Waals surface area contributed by atoms with Crippen LogP contribution < -0.4 is 4.98 Å². The first-order valence-corrected chi connectivity index (χ1v) is 2.87. The number of pyridine rings is 1. The van der Waals surface area contributed by atoms with Crippen molar-refractivity contribution in [1.82, 2.24) is 0 Å². The molecule has 0 aliphatic heterocycles. The van der Waals surface area contributed by atoms with Crippen LogP contribution in [0.25, 0.3) is 0 Å². The van der Waals surface area contributed by atoms with E-state index in [1.807, 2.05) is 0 Å². The molecule has 0 aromatic carbocycles. The molecule has 0 aliphatic carbocycles. The van der Waals surface area contributed by atoms with E-state index in [1.54, 1.807) is 18.5 Å². The van der Waals surface area contributed by atoms with Crippen molar-refractivity contribution in [3.63, 3.8) is 0 Å². The molecule has 0 radical (unpaired) electrons. The average Bonchev–Trinajstić information content (AvgIpc) is 1.64. The highest BCUT2D eigenvalue weighted by Gasteiger charge is 1.91. The van der Waals surface area contributed by atoms with Gasteiger partial charge in [0.05, 0.1) is 0 Å². The number of hydrogen-bond donors (Lipinski definition) is 0. The fourth-order valence-electron chi connectivity index (χ4n) is 0.416. The Bertz CT molecular complexity index is 170. The molecule has 0 saturated heterocycles. The number of aromatic amines is 1. The molecule has 0 aliphatic rings. The fourth-order valence-corrected chi connectivity index (χ4v) is 0.833. The van der Waals surface area contributed by atoms with Gasteiger partial charge < -0.3 is 0 Å². The third kappa shape index (κ3) is 1.35. The summed E-state index contributed by atoms with van der Waals surface area (Å²) in [5, 5.41) is 1.25. The zero-order valence-corrected chi connectivity index (χ0v) is 5.50. The van der Waals surface area contributed by atoms with Crippen molar-refractivity contribution in [2.75, 3.05) is 0 Å². The standard InChI is InChI=1S/C5H3Cl2N/c6-4-1-5(7)3-8-2-4/h1-3H/p+1. The molecule has 0 spiro atoms. The number of rotatable bonds is 0. The molecule has 0 fully saturated rings. The normalized spacial score (nSPS) is 9.25. The van der Waals surface area contributed by atoms with Gasteiger partial charge in [-0.15, -0.1) is 0 Å². The van der Waals surface area contributed by atoms with Crippen molar-refractivity contribution >= 4 is 23.2 Å². The van der Waals surface area contributed by atoms with Gasteiger partial charge in [0.25, 0.3) is 0 Å². The van der Waals surface area contributed by atoms with Crippen molar-refractivity contribution in [2.24, 2.45) is 0 Å². The number of halogens is 2. The van der Waals surface area contributed by atoms with Crippen LogP contribution in [0.3, 0.4) is 0 Å². The summed E-state index contributed by atoms with van der Waals surface area (Å²) in [7, 11) is 0. The lowest BCUT2D eigenvalue weighted by atomic mass is 10.5. The largest absolute Gasteiger partial charge is 0.215 e. The summed E-state index contributed by atoms with van der Waals surface area (Å²) in [4.78, 5) is 2.77. The second-order valence-electron chi connectivity index (χ2n) is 1.37. The molecule has 8 heavy (non-hydrogen) atoms. The Balaban J connectivity index is 3.08. The molecular weight excluding hydrogens is 145 g/mol. The van der Waals surface area contributed by atoms with E-state index in [0.29, 0.717) is 10.0 Å². The summed E-state index contributed by atoms with van der Waals surface area (Å²) in [5.74, 6) is 0. The van der Waals surface area contributed by atoms with Crippen LogP contribution in [0.2, 0.25) is 10.0 Å². The molecule has 1 nitrogen and oxygen atoms in total. The molecule has 0 saturated carbocycles. The maximum absolute atomic E-state index is 5.53. The molecule has 42 valence electrons. The third-order valence-electron chi connectivity index (χ3n) is 0.718. The summed E-state index contributed by atoms with van der Waals surface area (Å²) < 4.78 is 0. The first-order valence-electron chi connectivity index (χ1n) is 2.11. The van der Waals surface area contributed by atoms with E-state index < -0.39 is 0 Å². The monoisotopic (exact) mass is 148 g/mol. The second kappa shape index (κ2) is 2.33. The van der Waals surface area contributed by atoms with Crippen LogP contribution in [0.5, 0.6) is 0 Å². The Hall–Kier alpha value is -0.270. The first-order chi connectivity index (χ1) is 3.79. The summed E-state index contributed by atoms with van der Waals surface area (Å²) in [6.07, 6.45) is 3.32. The molecule has 0 bridgehead atoms. The highest BCUT2D eigenvalue weighted by Crippen LogP contribution is 2.09. The van der Waals surface area contributed by atoms with Crippen molar-refractivity contribution in [1.29, 1.82) is 0 Å². The van der Waals surface area contributed by atoms with Gasteiger partial charge in [-0.05, 0) is 6.07 Å². The van der Waals surface area contributed by atoms with Crippen LogP contribution in [0.1, 0.15) is 0 Å². The SMILES string of the molecule is Clc1c[nH+]cc(Cl)c1. The Morgan fingerprint density at radius 2 is 1.62 bits per heavy atom. The van der Waals surface area contributed by atoms with E-state index in [1.165, 1.54) is 0 Å². The van der Waals surface area contributed by atoms with Gasteiger partial charge in [-0.2, -0.15) is 0 Å². The van der Waals surface area contributed by atoms with Gasteiger partial charge in [-0.25, -0.2) is 4.98 Å². The van der Waals surface area contributed by atoms with Gasteiger partial charge >= 0.3 is 0 Å². The van der Waals surface area contributed by atoms with Crippen LogP contribution in [-0.2, 0) is 0 Å². The lowest BCUT2D eigenvalue weighted by Gasteiger charge is -1.80. The molecule has 1 heterocycles. The summed E-state index contributed by atoms with van der Waals surface area (Å²) >= 11 is 11.1. The summed E-state index contributed by atoms with van der Waals surface area (Å²) in [6, 6.07) is 1.67. The lowest BCUT2D eigenvalue weighted by Crippen LogP contribution is -1.97. The van der Waals surface area contributed by atoms with E-state index in [0.717, 1.165) is 0 Å². The molecular formula is C5H4Cl2N+. The Morgan fingerprint density at radius 3 is 1.88 bits per heavy atom. The topological polar surface area (TPSA) is 14.1 Å². The maximum Gasteiger partial charge on any atom is 0.185 e. The minimum Gasteiger partial charge on any atom is -0.215 e. The molecule has 0 atom stereocenters. The third-order valence-corrected chi connectivity index (χ3v) is 1.15. The van der Waals surface area contributed by atoms with E-state index in [-0.39, 0.29) is 0 Å². The van der Waals surface area contributed by atoms with E-state index >= 15 is 0 Å². The van der Waals surface area contributed by atoms with Crippen molar-refractivity contribution in [3.8, 4) is 0 Å². The van der Waals surface area contributed by atoms with E-state index in [9.17, 15) is 0 Å². The zero-order valence-electron chi connectivity index (χ0n) is 3.99. The molecule has 1 aromatic heterocycles. The molecule has 0 amide bonds. The van der Waals surface area contributed by atoms with Crippen molar-refractivity contribution < 1.29 is 4.98 Å². The van der Waals surface area contributed by atoms with Gasteiger partial charge in [-0.1, -0.05) is 23.2 Å². The van der Waals surface area contributed by atoms with E-state index in [4.69, 9.17) is 23.2 Å². The van der Waals surface area contributed by atoms with Crippen molar-refractivity contribution in [3.05, 3.63) is 28.5 Å². The minimum absolute atomic E-state index is 0.623. The van der Waals surface area contributed by atoms with Gasteiger partial charge in [0.1, 0.15) is 10.0 Å². The van der Waals surface area contributed by atoms with Crippen LogP contribution in [-0.4, -0.2) is 0 Å². The second-order valence-corrected chi connectivity index (χ2v) is 2.24. The number of nitrogens with one attached hydrogen (secondary N) is 1. The maximum atomic E-state index is 5.53. The zero-order chi connectivity index (χ0) is 5.98. The van der Waals surface area contributed by atoms with E-state index in [2.05, 4.69) is 4.98 Å². The minimum atomic E-state index is 0.623. The molecule has 1 rings (SSSR count). The predicted octanol–water partition coefficient (Wildman–Crippen LogP) is 1.81. The number of hydrogen-bond acceptors (Lipinski definition) is 0. The van der Waals surface area contributed by atoms with Crippen LogP contribution in [0, 0.1) is 0 Å². The van der Waals surface area contributed by atoms with Crippen molar-refractivity contribution in [2.45, 2.75) is 0 Å². The van der Waals surface area contributed by atoms with Crippen LogP contribution in [0.15, 0.2) is 18.5 Å². The smallest absolute Gasteiger partial charge is 0.185 e. The lowest BCUT2D eigenvalue weighted by molar-refractivity contribution is -0.377. The van der Waals surface area contributed by atoms with Gasteiger partial charge in [0.2, 0.25) is 0 Å². The fraction of sp³-hybridized carbons (Fsp3) is 0. The Morgan fingerprint density at radius 1 is 1.12 bits per heavy atom. The van der Waals surface area contributed by atoms with Gasteiger partial charge in [0, 0.05) is 0 Å². The van der Waals surface area contributed by atoms with Gasteiger partial charge in [-0.3, -0.25) is 0 Å². The number of H-pyrrole nitrogens is 1. The number of aromatic nitrogens is 1. The molecule has 1 aromatic rings. The average molecular weight is 149 g/mol. The molecule has 0 unspecified atom stereocenters. The van der Waals surface area contributed by atoms with Crippen LogP contribution >= 0.6 is 23.2 Å². The van der Waals surface area contributed by atoms with Gasteiger partial charge in [0.15, 0.2) is 12.4 Å². The summed E-state index contributed by atoms with van der Waals surface area (Å²) in [5.41, 5.74) is 0. The predicted molar refractivity (Wildman–Crippen MR) is 33.0 cm³/mol. The summed E-state index contributed by atoms with van der Waals surface area (Å²) in [6.45, 7) is 0. The van der Waals surface area contributed by atoms with Crippen LogP contribution in [0.4, 0.5) is 0 Å². The highest BCUT2D eigenvalue weighted by molar-refractivity contribution is 6.34. The first kappa shape index (κ1) is 5.86. The molecule has 1 N–H and O–H groups in total. The Labute approximate surface area is 57.3 Å². The quantitative estimate of drug-likeness (QED) is 0.534. The highest BCUT2D eigenvalue weighted by atomic mass is 35.5. The molecule has 3 heteroatoms. The Kier molecular flexibility index (Phi) is 1.71.